The molecule has 1 aromatic rings. The molecule has 2 N–H and O–H groups in total. The summed E-state index contributed by atoms with van der Waals surface area (Å²) in [6.45, 7) is 2.87. The number of hydrogen-bond acceptors (Lipinski definition) is 2. The van der Waals surface area contributed by atoms with Crippen molar-refractivity contribution in [1.82, 2.24) is 10.6 Å². The quantitative estimate of drug-likeness (QED) is 0.632. The summed E-state index contributed by atoms with van der Waals surface area (Å²) in [5.41, 5.74) is 0. The first-order chi connectivity index (χ1) is 9.20. The van der Waals surface area contributed by atoms with Gasteiger partial charge in [-0.25, -0.2) is 0 Å². The Kier molecular flexibility index (Phi) is 4.96. The molecule has 0 bridgehead atoms. The molecule has 3 unspecified atom stereocenters. The van der Waals surface area contributed by atoms with Gasteiger partial charge in [0.2, 0.25) is 0 Å². The molecule has 3 atom stereocenters. The average Bonchev–Trinajstić information content (AvgIpc) is 3.13. The minimum absolute atomic E-state index is 0.547. The topological polar surface area (TPSA) is 53.5 Å². The first-order valence-electron chi connectivity index (χ1n) is 6.61. The van der Waals surface area contributed by atoms with Gasteiger partial charge >= 0.3 is 0 Å². The Hall–Kier alpha value is -1.36. The van der Waals surface area contributed by atoms with E-state index >= 15 is 0 Å². The van der Waals surface area contributed by atoms with E-state index in [4.69, 9.17) is 0 Å². The highest BCUT2D eigenvalue weighted by Gasteiger charge is 2.33. The number of benzene rings is 1. The first kappa shape index (κ1) is 14.1. The maximum atomic E-state index is 12.0. The lowest BCUT2D eigenvalue weighted by atomic mass is 10.4. The normalized spacial score (nSPS) is 23.8. The zero-order valence-electron chi connectivity index (χ0n) is 11.4. The number of rotatable bonds is 5. The number of nitrogens with zero attached hydrogens (tertiary/aromatic N) is 1. The lowest BCUT2D eigenvalue weighted by Crippen LogP contribution is -2.40. The summed E-state index contributed by atoms with van der Waals surface area (Å²) in [7, 11) is 0.809. The van der Waals surface area contributed by atoms with Gasteiger partial charge in [-0.2, -0.15) is 0 Å². The second-order valence-corrected chi connectivity index (χ2v) is 6.40. The molecule has 19 heavy (non-hydrogen) atoms. The van der Waals surface area contributed by atoms with Gasteiger partial charge in [0.15, 0.2) is 5.96 Å². The van der Waals surface area contributed by atoms with Crippen LogP contribution in [0.1, 0.15) is 13.3 Å². The van der Waals surface area contributed by atoms with Crippen LogP contribution in [0.3, 0.4) is 0 Å². The summed E-state index contributed by atoms with van der Waals surface area (Å²) in [5, 5.41) is 6.55. The zero-order valence-corrected chi connectivity index (χ0v) is 12.2. The number of guanidine groups is 1. The molecule has 0 heterocycles. The van der Waals surface area contributed by atoms with Crippen molar-refractivity contribution in [2.24, 2.45) is 10.9 Å². The highest BCUT2D eigenvalue weighted by atomic mass is 32.2. The molecule has 0 saturated heterocycles. The van der Waals surface area contributed by atoms with Crippen LogP contribution in [-0.4, -0.2) is 35.6 Å². The Bertz CT molecular complexity index is 461. The van der Waals surface area contributed by atoms with Crippen LogP contribution in [0.5, 0.6) is 0 Å². The van der Waals surface area contributed by atoms with E-state index < -0.39 is 10.8 Å². The SMILES string of the molecule is CN=C(NCCS(=O)c1ccccc1)NC1CC1C. The first-order valence-corrected chi connectivity index (χ1v) is 7.93. The minimum Gasteiger partial charge on any atom is -0.355 e. The predicted molar refractivity (Wildman–Crippen MR) is 79.8 cm³/mol. The van der Waals surface area contributed by atoms with Crippen molar-refractivity contribution < 1.29 is 4.21 Å². The average molecular weight is 279 g/mol. The summed E-state index contributed by atoms with van der Waals surface area (Å²) in [5.74, 6) is 2.13. The Morgan fingerprint density at radius 1 is 1.42 bits per heavy atom. The standard InChI is InChI=1S/C14H21N3OS/c1-11-10-13(11)17-14(15-2)16-8-9-19(18)12-6-4-3-5-7-12/h3-7,11,13H,8-10H2,1-2H3,(H2,15,16,17). The number of nitrogens with one attached hydrogen (secondary N) is 2. The molecule has 1 aromatic carbocycles. The van der Waals surface area contributed by atoms with Crippen molar-refractivity contribution in [3.05, 3.63) is 30.3 Å². The summed E-state index contributed by atoms with van der Waals surface area (Å²) in [4.78, 5) is 5.05. The summed E-state index contributed by atoms with van der Waals surface area (Å²) in [6, 6.07) is 10.1. The van der Waals surface area contributed by atoms with Gasteiger partial charge in [0.1, 0.15) is 0 Å². The zero-order chi connectivity index (χ0) is 13.7. The highest BCUT2D eigenvalue weighted by Crippen LogP contribution is 2.28. The monoisotopic (exact) mass is 279 g/mol. The summed E-state index contributed by atoms with van der Waals surface area (Å²) >= 11 is 0. The van der Waals surface area contributed by atoms with Crippen molar-refractivity contribution in [1.29, 1.82) is 0 Å². The molecule has 104 valence electrons. The van der Waals surface area contributed by atoms with Crippen LogP contribution in [0.15, 0.2) is 40.2 Å². The van der Waals surface area contributed by atoms with Gasteiger partial charge in [0.05, 0.1) is 10.8 Å². The van der Waals surface area contributed by atoms with Gasteiger partial charge in [0, 0.05) is 30.3 Å². The van der Waals surface area contributed by atoms with Crippen molar-refractivity contribution in [3.8, 4) is 0 Å². The van der Waals surface area contributed by atoms with E-state index in [1.807, 2.05) is 30.3 Å². The lowest BCUT2D eigenvalue weighted by molar-refractivity contribution is 0.681. The predicted octanol–water partition coefficient (Wildman–Crippen LogP) is 1.37. The molecule has 0 amide bonds. The van der Waals surface area contributed by atoms with E-state index in [2.05, 4.69) is 22.5 Å². The minimum atomic E-state index is -0.951. The molecule has 1 saturated carbocycles. The van der Waals surface area contributed by atoms with Crippen LogP contribution in [0.2, 0.25) is 0 Å². The van der Waals surface area contributed by atoms with Crippen molar-refractivity contribution in [2.45, 2.75) is 24.3 Å². The molecule has 1 aliphatic carbocycles. The van der Waals surface area contributed by atoms with Crippen molar-refractivity contribution in [2.75, 3.05) is 19.3 Å². The number of hydrogen-bond donors (Lipinski definition) is 2. The largest absolute Gasteiger partial charge is 0.355 e. The van der Waals surface area contributed by atoms with Crippen LogP contribution < -0.4 is 10.6 Å². The van der Waals surface area contributed by atoms with E-state index in [1.165, 1.54) is 6.42 Å². The molecular formula is C14H21N3OS. The van der Waals surface area contributed by atoms with Gasteiger partial charge in [-0.3, -0.25) is 9.20 Å². The molecule has 4 nitrogen and oxygen atoms in total. The third kappa shape index (κ3) is 4.35. The molecule has 1 fully saturated rings. The van der Waals surface area contributed by atoms with Gasteiger partial charge < -0.3 is 10.6 Å². The van der Waals surface area contributed by atoms with Gasteiger partial charge in [-0.15, -0.1) is 0 Å². The summed E-state index contributed by atoms with van der Waals surface area (Å²) < 4.78 is 12.0. The molecule has 0 aliphatic heterocycles. The second kappa shape index (κ2) is 6.70. The smallest absolute Gasteiger partial charge is 0.191 e. The van der Waals surface area contributed by atoms with Gasteiger partial charge in [-0.1, -0.05) is 25.1 Å². The fourth-order valence-corrected chi connectivity index (χ4v) is 2.83. The van der Waals surface area contributed by atoms with E-state index in [-0.39, 0.29) is 0 Å². The van der Waals surface area contributed by atoms with Crippen LogP contribution >= 0.6 is 0 Å². The van der Waals surface area contributed by atoms with Crippen LogP contribution in [0.25, 0.3) is 0 Å². The van der Waals surface area contributed by atoms with Crippen LogP contribution in [0, 0.1) is 5.92 Å². The third-order valence-corrected chi connectivity index (χ3v) is 4.61. The van der Waals surface area contributed by atoms with Gasteiger partial charge in [0.25, 0.3) is 0 Å². The molecular weight excluding hydrogens is 258 g/mol. The Morgan fingerprint density at radius 3 is 2.68 bits per heavy atom. The molecule has 2 rings (SSSR count). The maximum Gasteiger partial charge on any atom is 0.191 e. The molecule has 0 aromatic heterocycles. The lowest BCUT2D eigenvalue weighted by Gasteiger charge is -2.11. The van der Waals surface area contributed by atoms with E-state index in [9.17, 15) is 4.21 Å². The Morgan fingerprint density at radius 2 is 2.11 bits per heavy atom. The fraction of sp³-hybridized carbons (Fsp3) is 0.500. The Balaban J connectivity index is 1.72. The maximum absolute atomic E-state index is 12.0. The second-order valence-electron chi connectivity index (χ2n) is 4.83. The molecule has 5 heteroatoms. The van der Waals surface area contributed by atoms with Crippen molar-refractivity contribution >= 4 is 16.8 Å². The van der Waals surface area contributed by atoms with Crippen LogP contribution in [-0.2, 0) is 10.8 Å². The molecule has 0 spiro atoms. The van der Waals surface area contributed by atoms with E-state index in [0.29, 0.717) is 18.3 Å². The summed E-state index contributed by atoms with van der Waals surface area (Å²) in [6.07, 6.45) is 1.21. The van der Waals surface area contributed by atoms with Crippen molar-refractivity contribution in [3.63, 3.8) is 0 Å². The van der Waals surface area contributed by atoms with Gasteiger partial charge in [-0.05, 0) is 24.5 Å². The van der Waals surface area contributed by atoms with E-state index in [1.54, 1.807) is 7.05 Å². The van der Waals surface area contributed by atoms with Crippen LogP contribution in [0.4, 0.5) is 0 Å². The molecule has 0 radical (unpaired) electrons. The number of aliphatic imine (C=N–C) groups is 1. The third-order valence-electron chi connectivity index (χ3n) is 3.24. The highest BCUT2D eigenvalue weighted by molar-refractivity contribution is 7.85. The molecule has 1 aliphatic rings. The Labute approximate surface area is 117 Å². The fourth-order valence-electron chi connectivity index (χ4n) is 1.85. The van der Waals surface area contributed by atoms with E-state index in [0.717, 1.165) is 16.8 Å².